The maximum atomic E-state index is 12.1. The highest BCUT2D eigenvalue weighted by Crippen LogP contribution is 2.25. The van der Waals surface area contributed by atoms with Gasteiger partial charge in [-0.3, -0.25) is 0 Å². The Morgan fingerprint density at radius 2 is 1.75 bits per heavy atom. The van der Waals surface area contributed by atoms with Crippen LogP contribution in [-0.4, -0.2) is 36.5 Å². The first-order chi connectivity index (χ1) is 9.31. The molecule has 1 unspecified atom stereocenters. The van der Waals surface area contributed by atoms with Gasteiger partial charge in [0, 0.05) is 0 Å². The van der Waals surface area contributed by atoms with Crippen LogP contribution < -0.4 is 0 Å². The molecule has 1 rings (SSSR count). The third-order valence-corrected chi connectivity index (χ3v) is 3.46. The number of carbonyl (C=O) groups is 1. The fraction of sp³-hybridized carbons (Fsp3) is 0.938. The zero-order chi connectivity index (χ0) is 15.2. The lowest BCUT2D eigenvalue weighted by atomic mass is 9.97. The molecule has 0 N–H and O–H groups in total. The minimum absolute atomic E-state index is 0.0931. The Bertz CT molecular complexity index is 293. The summed E-state index contributed by atoms with van der Waals surface area (Å²) in [5.74, 6) is -0.303. The molecular weight excluding hydrogens is 256 g/mol. The molecule has 1 aliphatic rings. The first kappa shape index (κ1) is 17.4. The molecule has 1 saturated carbocycles. The van der Waals surface area contributed by atoms with Gasteiger partial charge in [0.1, 0.15) is 6.61 Å². The van der Waals surface area contributed by atoms with Gasteiger partial charge in [-0.15, -0.1) is 0 Å². The third-order valence-electron chi connectivity index (χ3n) is 3.46. The minimum atomic E-state index is -0.875. The molecule has 0 spiro atoms. The van der Waals surface area contributed by atoms with Gasteiger partial charge in [0.15, 0.2) is 5.60 Å². The molecule has 0 aromatic heterocycles. The van der Waals surface area contributed by atoms with E-state index in [1.165, 1.54) is 19.3 Å². The Hall–Kier alpha value is -0.610. The molecule has 0 bridgehead atoms. The quantitative estimate of drug-likeness (QED) is 0.672. The molecule has 4 nitrogen and oxygen atoms in total. The molecule has 0 radical (unpaired) electrons. The van der Waals surface area contributed by atoms with E-state index in [-0.39, 0.29) is 30.9 Å². The van der Waals surface area contributed by atoms with Crippen LogP contribution in [0.5, 0.6) is 0 Å². The molecule has 1 aliphatic carbocycles. The normalized spacial score (nSPS) is 19.1. The number of rotatable bonds is 7. The molecule has 0 saturated heterocycles. The fourth-order valence-electron chi connectivity index (χ4n) is 2.52. The summed E-state index contributed by atoms with van der Waals surface area (Å²) in [6, 6.07) is 0. The summed E-state index contributed by atoms with van der Waals surface area (Å²) in [6.45, 7) is 9.69. The monoisotopic (exact) mass is 286 g/mol. The molecule has 0 heterocycles. The molecule has 4 heteroatoms. The summed E-state index contributed by atoms with van der Waals surface area (Å²) < 4.78 is 16.8. The summed E-state index contributed by atoms with van der Waals surface area (Å²) in [6.07, 6.45) is 5.97. The lowest BCUT2D eigenvalue weighted by Gasteiger charge is -2.31. The van der Waals surface area contributed by atoms with Crippen molar-refractivity contribution in [3.63, 3.8) is 0 Å². The van der Waals surface area contributed by atoms with Crippen molar-refractivity contribution < 1.29 is 19.0 Å². The van der Waals surface area contributed by atoms with Crippen molar-refractivity contribution in [2.45, 2.75) is 90.6 Å². The highest BCUT2D eigenvalue weighted by Gasteiger charge is 2.34. The second kappa shape index (κ2) is 7.99. The molecule has 0 aliphatic heterocycles. The van der Waals surface area contributed by atoms with Crippen molar-refractivity contribution >= 4 is 5.97 Å². The van der Waals surface area contributed by atoms with E-state index in [2.05, 4.69) is 0 Å². The Morgan fingerprint density at radius 1 is 1.15 bits per heavy atom. The van der Waals surface area contributed by atoms with Gasteiger partial charge in [0.25, 0.3) is 0 Å². The molecule has 1 atom stereocenters. The molecule has 1 fully saturated rings. The largest absolute Gasteiger partial charge is 0.461 e. The highest BCUT2D eigenvalue weighted by molar-refractivity contribution is 5.78. The van der Waals surface area contributed by atoms with Gasteiger partial charge in [0.2, 0.25) is 0 Å². The lowest BCUT2D eigenvalue weighted by Crippen LogP contribution is -2.41. The predicted octanol–water partition coefficient (Wildman–Crippen LogP) is 3.47. The standard InChI is InChI=1S/C16H30O4/c1-12(2)19-13(3)11-18-15(17)16(4,5)20-14-9-7-6-8-10-14/h12-14H,6-11H2,1-5H3. The van der Waals surface area contributed by atoms with Crippen LogP contribution in [0.1, 0.15) is 66.7 Å². The van der Waals surface area contributed by atoms with Crippen LogP contribution >= 0.6 is 0 Å². The van der Waals surface area contributed by atoms with Gasteiger partial charge in [-0.25, -0.2) is 4.79 Å². The fourth-order valence-corrected chi connectivity index (χ4v) is 2.52. The first-order valence-corrected chi connectivity index (χ1v) is 7.81. The maximum absolute atomic E-state index is 12.1. The Balaban J connectivity index is 2.35. The lowest BCUT2D eigenvalue weighted by molar-refractivity contribution is -0.180. The van der Waals surface area contributed by atoms with Gasteiger partial charge in [-0.05, 0) is 47.5 Å². The Kier molecular flexibility index (Phi) is 6.96. The average Bonchev–Trinajstić information content (AvgIpc) is 2.35. The van der Waals surface area contributed by atoms with E-state index in [0.717, 1.165) is 12.8 Å². The van der Waals surface area contributed by atoms with Crippen LogP contribution in [0.3, 0.4) is 0 Å². The smallest absolute Gasteiger partial charge is 0.337 e. The average molecular weight is 286 g/mol. The van der Waals surface area contributed by atoms with Crippen LogP contribution in [0.15, 0.2) is 0 Å². The molecular formula is C16H30O4. The Labute approximate surface area is 123 Å². The maximum Gasteiger partial charge on any atom is 0.337 e. The summed E-state index contributed by atoms with van der Waals surface area (Å²) in [5.41, 5.74) is -0.875. The number of hydrogen-bond donors (Lipinski definition) is 0. The van der Waals surface area contributed by atoms with E-state index in [1.54, 1.807) is 13.8 Å². The van der Waals surface area contributed by atoms with Crippen molar-refractivity contribution in [2.75, 3.05) is 6.61 Å². The van der Waals surface area contributed by atoms with Gasteiger partial charge in [-0.1, -0.05) is 19.3 Å². The van der Waals surface area contributed by atoms with Gasteiger partial charge in [-0.2, -0.15) is 0 Å². The molecule has 0 amide bonds. The number of ether oxygens (including phenoxy) is 3. The zero-order valence-electron chi connectivity index (χ0n) is 13.6. The number of esters is 1. The Morgan fingerprint density at radius 3 is 2.30 bits per heavy atom. The van der Waals surface area contributed by atoms with Gasteiger partial charge in [0.05, 0.1) is 18.3 Å². The molecule has 118 valence electrons. The highest BCUT2D eigenvalue weighted by atomic mass is 16.6. The minimum Gasteiger partial charge on any atom is -0.461 e. The topological polar surface area (TPSA) is 44.8 Å². The van der Waals surface area contributed by atoms with Crippen molar-refractivity contribution in [2.24, 2.45) is 0 Å². The van der Waals surface area contributed by atoms with Gasteiger partial charge >= 0.3 is 5.97 Å². The zero-order valence-corrected chi connectivity index (χ0v) is 13.6. The SMILES string of the molecule is CC(C)OC(C)COC(=O)C(C)(C)OC1CCCCC1. The van der Waals surface area contributed by atoms with E-state index < -0.39 is 5.60 Å². The van der Waals surface area contributed by atoms with Crippen LogP contribution in [0, 0.1) is 0 Å². The number of carbonyl (C=O) groups excluding carboxylic acids is 1. The predicted molar refractivity (Wildman–Crippen MR) is 78.7 cm³/mol. The van der Waals surface area contributed by atoms with Gasteiger partial charge < -0.3 is 14.2 Å². The van der Waals surface area contributed by atoms with Crippen molar-refractivity contribution in [3.05, 3.63) is 0 Å². The third kappa shape index (κ3) is 6.23. The molecule has 20 heavy (non-hydrogen) atoms. The second-order valence-corrected chi connectivity index (χ2v) is 6.48. The van der Waals surface area contributed by atoms with Crippen LogP contribution in [0.4, 0.5) is 0 Å². The van der Waals surface area contributed by atoms with Crippen LogP contribution in [0.2, 0.25) is 0 Å². The van der Waals surface area contributed by atoms with E-state index in [9.17, 15) is 4.79 Å². The van der Waals surface area contributed by atoms with Crippen LogP contribution in [-0.2, 0) is 19.0 Å². The van der Waals surface area contributed by atoms with Crippen molar-refractivity contribution in [1.82, 2.24) is 0 Å². The summed E-state index contributed by atoms with van der Waals surface area (Å²) in [5, 5.41) is 0. The number of hydrogen-bond acceptors (Lipinski definition) is 4. The first-order valence-electron chi connectivity index (χ1n) is 7.81. The van der Waals surface area contributed by atoms with E-state index in [1.807, 2.05) is 20.8 Å². The summed E-state index contributed by atoms with van der Waals surface area (Å²) in [7, 11) is 0. The van der Waals surface area contributed by atoms with Crippen molar-refractivity contribution in [1.29, 1.82) is 0 Å². The molecule has 0 aromatic carbocycles. The van der Waals surface area contributed by atoms with E-state index >= 15 is 0 Å². The second-order valence-electron chi connectivity index (χ2n) is 6.48. The van der Waals surface area contributed by atoms with Crippen LogP contribution in [0.25, 0.3) is 0 Å². The van der Waals surface area contributed by atoms with Crippen molar-refractivity contribution in [3.8, 4) is 0 Å². The van der Waals surface area contributed by atoms with E-state index in [0.29, 0.717) is 0 Å². The molecule has 0 aromatic rings. The van der Waals surface area contributed by atoms with E-state index in [4.69, 9.17) is 14.2 Å². The summed E-state index contributed by atoms with van der Waals surface area (Å²) in [4.78, 5) is 12.1. The summed E-state index contributed by atoms with van der Waals surface area (Å²) >= 11 is 0.